The fraction of sp³-hybridized carbons (Fsp3) is 0.852. The largest absolute Gasteiger partial charge is 0.480 e. The number of rotatable bonds is 23. The molecule has 0 rings (SSSR count). The molecule has 0 aromatic rings. The Hall–Kier alpha value is -1.36. The van der Waals surface area contributed by atoms with Gasteiger partial charge in [0, 0.05) is 13.0 Å². The highest BCUT2D eigenvalue weighted by Crippen LogP contribution is 2.12. The van der Waals surface area contributed by atoms with E-state index in [0.29, 0.717) is 19.4 Å². The summed E-state index contributed by atoms with van der Waals surface area (Å²) in [5, 5.41) is 12.1. The molecule has 0 saturated carbocycles. The molecule has 0 aromatic carbocycles. The summed E-state index contributed by atoms with van der Waals surface area (Å²) < 4.78 is 0. The predicted molar refractivity (Wildman–Crippen MR) is 136 cm³/mol. The Kier molecular flexibility index (Phi) is 21.9. The number of carboxylic acids is 1. The number of carboxylic acid groups (broad SMARTS) is 1. The van der Waals surface area contributed by atoms with E-state index in [1.165, 1.54) is 77.0 Å². The van der Waals surface area contributed by atoms with Crippen LogP contribution in [-0.4, -0.2) is 48.6 Å². The van der Waals surface area contributed by atoms with Crippen LogP contribution in [0.2, 0.25) is 0 Å². The Morgan fingerprint density at radius 2 is 1.31 bits per heavy atom. The molecule has 0 aliphatic heterocycles. The number of unbranched alkanes of at least 4 members (excludes halogenated alkanes) is 13. The lowest BCUT2D eigenvalue weighted by molar-refractivity contribution is -0.142. The van der Waals surface area contributed by atoms with Gasteiger partial charge in [0.1, 0.15) is 6.04 Å². The Morgan fingerprint density at radius 1 is 0.781 bits per heavy atom. The molecule has 2 N–H and O–H groups in total. The number of hydrogen-bond donors (Lipinski definition) is 2. The van der Waals surface area contributed by atoms with E-state index in [2.05, 4.69) is 24.4 Å². The summed E-state index contributed by atoms with van der Waals surface area (Å²) in [5.74, 6) is -0.647. The van der Waals surface area contributed by atoms with Crippen LogP contribution in [0.1, 0.15) is 122 Å². The van der Waals surface area contributed by atoms with Gasteiger partial charge in [0.25, 0.3) is 0 Å². The van der Waals surface area contributed by atoms with E-state index >= 15 is 0 Å². The number of aliphatic carboxylic acids is 1. The van der Waals surface area contributed by atoms with Crippen LogP contribution in [0.25, 0.3) is 0 Å². The highest BCUT2D eigenvalue weighted by atomic mass is 16.4. The average molecular weight is 453 g/mol. The van der Waals surface area contributed by atoms with Gasteiger partial charge < -0.3 is 10.4 Å². The van der Waals surface area contributed by atoms with Gasteiger partial charge in [0.15, 0.2) is 0 Å². The number of likely N-dealkylation sites (N-methyl/N-ethyl adjacent to an activating group) is 1. The standard InChI is InChI=1S/C27H52N2O3/c1-4-5-6-7-8-9-10-11-12-13-14-15-16-17-18-19-23-26(30)28-24-21-20-22-25(27(31)32)29(2)3/h8-9,25H,4-7,10-24H2,1-3H3,(H,28,30)(H,31,32)/b9-8+/t25-/m0/s1. The van der Waals surface area contributed by atoms with E-state index in [1.807, 2.05) is 0 Å². The molecule has 0 spiro atoms. The summed E-state index contributed by atoms with van der Waals surface area (Å²) in [4.78, 5) is 24.7. The fourth-order valence-corrected chi connectivity index (χ4v) is 3.91. The third-order valence-electron chi connectivity index (χ3n) is 6.05. The number of amides is 1. The first-order chi connectivity index (χ1) is 15.5. The molecule has 0 aliphatic carbocycles. The fourth-order valence-electron chi connectivity index (χ4n) is 3.91. The van der Waals surface area contributed by atoms with Crippen molar-refractivity contribution in [3.05, 3.63) is 12.2 Å². The van der Waals surface area contributed by atoms with Crippen molar-refractivity contribution in [1.29, 1.82) is 0 Å². The highest BCUT2D eigenvalue weighted by Gasteiger charge is 2.18. The second-order valence-corrected chi connectivity index (χ2v) is 9.35. The third-order valence-corrected chi connectivity index (χ3v) is 6.05. The van der Waals surface area contributed by atoms with E-state index in [9.17, 15) is 9.59 Å². The molecule has 0 heterocycles. The van der Waals surface area contributed by atoms with Gasteiger partial charge in [0.2, 0.25) is 5.91 Å². The summed E-state index contributed by atoms with van der Waals surface area (Å²) in [5.41, 5.74) is 0. The minimum Gasteiger partial charge on any atom is -0.480 e. The zero-order chi connectivity index (χ0) is 23.9. The van der Waals surface area contributed by atoms with Gasteiger partial charge in [-0.3, -0.25) is 14.5 Å². The molecule has 5 nitrogen and oxygen atoms in total. The first kappa shape index (κ1) is 30.6. The van der Waals surface area contributed by atoms with E-state index in [4.69, 9.17) is 5.11 Å². The Balaban J connectivity index is 3.35. The molecular weight excluding hydrogens is 400 g/mol. The van der Waals surface area contributed by atoms with E-state index in [-0.39, 0.29) is 5.91 Å². The van der Waals surface area contributed by atoms with Crippen LogP contribution in [0.15, 0.2) is 12.2 Å². The number of carbonyl (C=O) groups is 2. The first-order valence-corrected chi connectivity index (χ1v) is 13.3. The maximum atomic E-state index is 11.9. The van der Waals surface area contributed by atoms with Crippen LogP contribution in [0.4, 0.5) is 0 Å². The molecule has 0 bridgehead atoms. The zero-order valence-corrected chi connectivity index (χ0v) is 21.4. The van der Waals surface area contributed by atoms with Crippen molar-refractivity contribution in [3.8, 4) is 0 Å². The SMILES string of the molecule is CCCCC/C=C/CCCCCCCCCCCC(=O)NCCCC[C@@H](C(=O)O)N(C)C. The molecule has 0 unspecified atom stereocenters. The predicted octanol–water partition coefficient (Wildman–Crippen LogP) is 6.72. The summed E-state index contributed by atoms with van der Waals surface area (Å²) in [6.07, 6.45) is 25.4. The number of allylic oxidation sites excluding steroid dienone is 2. The summed E-state index contributed by atoms with van der Waals surface area (Å²) in [7, 11) is 3.58. The molecule has 1 atom stereocenters. The van der Waals surface area contributed by atoms with Gasteiger partial charge in [-0.2, -0.15) is 0 Å². The summed E-state index contributed by atoms with van der Waals surface area (Å²) >= 11 is 0. The molecular formula is C27H52N2O3. The lowest BCUT2D eigenvalue weighted by atomic mass is 10.1. The lowest BCUT2D eigenvalue weighted by Crippen LogP contribution is -2.35. The molecule has 0 aromatic heterocycles. The molecule has 5 heteroatoms. The third kappa shape index (κ3) is 20.5. The van der Waals surface area contributed by atoms with Crippen LogP contribution in [0.3, 0.4) is 0 Å². The summed E-state index contributed by atoms with van der Waals surface area (Å²) in [6, 6.07) is -0.437. The Labute approximate surface area is 198 Å². The van der Waals surface area contributed by atoms with E-state index in [0.717, 1.165) is 25.7 Å². The van der Waals surface area contributed by atoms with Crippen molar-refractivity contribution in [1.82, 2.24) is 10.2 Å². The Bertz CT molecular complexity index is 478. The number of carbonyl (C=O) groups excluding carboxylic acids is 1. The molecule has 0 aliphatic rings. The quantitative estimate of drug-likeness (QED) is 0.133. The van der Waals surface area contributed by atoms with Crippen molar-refractivity contribution in [2.45, 2.75) is 129 Å². The molecule has 1 amide bonds. The second kappa shape index (κ2) is 22.8. The van der Waals surface area contributed by atoms with Crippen LogP contribution in [0, 0.1) is 0 Å². The number of nitrogens with zero attached hydrogens (tertiary/aromatic N) is 1. The van der Waals surface area contributed by atoms with Gasteiger partial charge in [-0.25, -0.2) is 0 Å². The van der Waals surface area contributed by atoms with Crippen molar-refractivity contribution < 1.29 is 14.7 Å². The van der Waals surface area contributed by atoms with Gasteiger partial charge in [-0.05, 0) is 65.5 Å². The molecule has 32 heavy (non-hydrogen) atoms. The zero-order valence-electron chi connectivity index (χ0n) is 21.4. The Morgan fingerprint density at radius 3 is 1.84 bits per heavy atom. The maximum Gasteiger partial charge on any atom is 0.320 e. The van der Waals surface area contributed by atoms with Gasteiger partial charge in [-0.1, -0.05) is 76.9 Å². The van der Waals surface area contributed by atoms with Gasteiger partial charge in [-0.15, -0.1) is 0 Å². The van der Waals surface area contributed by atoms with E-state index < -0.39 is 12.0 Å². The monoisotopic (exact) mass is 452 g/mol. The van der Waals surface area contributed by atoms with Gasteiger partial charge >= 0.3 is 5.97 Å². The highest BCUT2D eigenvalue weighted by molar-refractivity contribution is 5.75. The van der Waals surface area contributed by atoms with Crippen LogP contribution in [-0.2, 0) is 9.59 Å². The maximum absolute atomic E-state index is 11.9. The van der Waals surface area contributed by atoms with Crippen molar-refractivity contribution in [2.75, 3.05) is 20.6 Å². The molecule has 0 radical (unpaired) electrons. The topological polar surface area (TPSA) is 69.6 Å². The molecule has 0 fully saturated rings. The second-order valence-electron chi connectivity index (χ2n) is 9.35. The van der Waals surface area contributed by atoms with Crippen LogP contribution >= 0.6 is 0 Å². The minimum absolute atomic E-state index is 0.131. The molecule has 188 valence electrons. The first-order valence-electron chi connectivity index (χ1n) is 13.3. The normalized spacial score (nSPS) is 12.5. The van der Waals surface area contributed by atoms with Crippen molar-refractivity contribution >= 4 is 11.9 Å². The number of hydrogen-bond acceptors (Lipinski definition) is 3. The number of nitrogens with one attached hydrogen (secondary N) is 1. The minimum atomic E-state index is -0.778. The van der Waals surface area contributed by atoms with Crippen molar-refractivity contribution in [3.63, 3.8) is 0 Å². The molecule has 0 saturated heterocycles. The smallest absolute Gasteiger partial charge is 0.320 e. The average Bonchev–Trinajstić information content (AvgIpc) is 2.75. The summed E-state index contributed by atoms with van der Waals surface area (Å²) in [6.45, 7) is 2.90. The van der Waals surface area contributed by atoms with Crippen LogP contribution in [0.5, 0.6) is 0 Å². The lowest BCUT2D eigenvalue weighted by Gasteiger charge is -2.19. The van der Waals surface area contributed by atoms with Crippen LogP contribution < -0.4 is 5.32 Å². The van der Waals surface area contributed by atoms with E-state index in [1.54, 1.807) is 19.0 Å². The van der Waals surface area contributed by atoms with Crippen molar-refractivity contribution in [2.24, 2.45) is 0 Å². The van der Waals surface area contributed by atoms with Gasteiger partial charge in [0.05, 0.1) is 0 Å².